The zero-order valence-corrected chi connectivity index (χ0v) is 14.6. The summed E-state index contributed by atoms with van der Waals surface area (Å²) in [5.74, 6) is -0.287. The Morgan fingerprint density at radius 1 is 1.04 bits per heavy atom. The number of carbonyl (C=O) groups is 1. The van der Waals surface area contributed by atoms with E-state index in [0.29, 0.717) is 22.4 Å². The van der Waals surface area contributed by atoms with E-state index < -0.39 is 10.5 Å². The minimum atomic E-state index is -0.518. The van der Waals surface area contributed by atoms with Gasteiger partial charge in [-0.2, -0.15) is 0 Å². The second-order valence-corrected chi connectivity index (χ2v) is 6.25. The molecule has 2 heterocycles. The van der Waals surface area contributed by atoms with Crippen LogP contribution in [0.2, 0.25) is 0 Å². The molecule has 2 aromatic carbocycles. The molecule has 0 aliphatic carbocycles. The van der Waals surface area contributed by atoms with Crippen LogP contribution in [-0.2, 0) is 6.54 Å². The second kappa shape index (κ2) is 6.96. The molecule has 7 heteroatoms. The number of nitro benzene ring substituents is 1. The first-order chi connectivity index (χ1) is 13.5. The molecule has 0 spiro atoms. The number of aromatic nitrogens is 1. The van der Waals surface area contributed by atoms with Crippen molar-refractivity contribution in [2.45, 2.75) is 6.54 Å². The Bertz CT molecular complexity index is 1250. The summed E-state index contributed by atoms with van der Waals surface area (Å²) >= 11 is 0. The predicted molar refractivity (Wildman–Crippen MR) is 103 cm³/mol. The zero-order valence-electron chi connectivity index (χ0n) is 14.6. The van der Waals surface area contributed by atoms with Crippen LogP contribution in [0.25, 0.3) is 11.0 Å². The Hall–Kier alpha value is -4.00. The van der Waals surface area contributed by atoms with Crippen molar-refractivity contribution in [2.24, 2.45) is 0 Å². The van der Waals surface area contributed by atoms with E-state index >= 15 is 0 Å². The highest BCUT2D eigenvalue weighted by molar-refractivity contribution is 6.08. The predicted octanol–water partition coefficient (Wildman–Crippen LogP) is 3.78. The first-order valence-corrected chi connectivity index (χ1v) is 8.49. The summed E-state index contributed by atoms with van der Waals surface area (Å²) in [7, 11) is 0. The molecule has 4 rings (SSSR count). The van der Waals surface area contributed by atoms with Crippen LogP contribution < -0.4 is 5.63 Å². The molecule has 4 aromatic rings. The Kier molecular flexibility index (Phi) is 4.33. The van der Waals surface area contributed by atoms with Crippen molar-refractivity contribution in [1.82, 2.24) is 4.57 Å². The van der Waals surface area contributed by atoms with Gasteiger partial charge in [0.25, 0.3) is 5.69 Å². The van der Waals surface area contributed by atoms with Gasteiger partial charge >= 0.3 is 5.63 Å². The SMILES string of the molecule is O=C(c1ccc([N+](=O)[O-])cc1)c1cccn1Cc1cc2ccccc2oc1=O. The lowest BCUT2D eigenvalue weighted by molar-refractivity contribution is -0.384. The third-order valence-electron chi connectivity index (χ3n) is 4.46. The summed E-state index contributed by atoms with van der Waals surface area (Å²) in [5, 5.41) is 11.6. The highest BCUT2D eigenvalue weighted by atomic mass is 16.6. The largest absolute Gasteiger partial charge is 0.422 e. The van der Waals surface area contributed by atoms with Crippen LogP contribution in [0, 0.1) is 10.1 Å². The lowest BCUT2D eigenvalue weighted by Gasteiger charge is -2.09. The second-order valence-electron chi connectivity index (χ2n) is 6.25. The van der Waals surface area contributed by atoms with Crippen LogP contribution in [0.3, 0.4) is 0 Å². The number of hydrogen-bond donors (Lipinski definition) is 0. The van der Waals surface area contributed by atoms with Crippen LogP contribution in [0.1, 0.15) is 21.6 Å². The quantitative estimate of drug-likeness (QED) is 0.229. The lowest BCUT2D eigenvalue weighted by Crippen LogP contribution is -2.15. The Labute approximate surface area is 158 Å². The van der Waals surface area contributed by atoms with Gasteiger partial charge in [-0.15, -0.1) is 0 Å². The van der Waals surface area contributed by atoms with E-state index in [1.807, 2.05) is 12.1 Å². The highest BCUT2D eigenvalue weighted by Gasteiger charge is 2.16. The van der Waals surface area contributed by atoms with Crippen molar-refractivity contribution in [2.75, 3.05) is 0 Å². The molecule has 0 unspecified atom stereocenters. The number of nitro groups is 1. The maximum Gasteiger partial charge on any atom is 0.341 e. The topological polar surface area (TPSA) is 95.3 Å². The van der Waals surface area contributed by atoms with E-state index in [0.717, 1.165) is 5.39 Å². The van der Waals surface area contributed by atoms with Gasteiger partial charge in [0, 0.05) is 29.3 Å². The maximum absolute atomic E-state index is 12.8. The number of ketones is 1. The van der Waals surface area contributed by atoms with Crippen LogP contribution in [0.5, 0.6) is 0 Å². The summed E-state index contributed by atoms with van der Waals surface area (Å²) in [6.45, 7) is 0.175. The van der Waals surface area contributed by atoms with Gasteiger partial charge in [-0.1, -0.05) is 18.2 Å². The minimum absolute atomic E-state index is 0.0827. The average molecular weight is 374 g/mol. The van der Waals surface area contributed by atoms with Crippen LogP contribution in [0.4, 0.5) is 5.69 Å². The summed E-state index contributed by atoms with van der Waals surface area (Å²) in [6.07, 6.45) is 1.70. The van der Waals surface area contributed by atoms with Crippen molar-refractivity contribution >= 4 is 22.4 Å². The molecule has 0 atom stereocenters. The summed E-state index contributed by atoms with van der Waals surface area (Å²) in [4.78, 5) is 35.3. The first-order valence-electron chi connectivity index (χ1n) is 8.49. The fourth-order valence-corrected chi connectivity index (χ4v) is 3.04. The summed E-state index contributed by atoms with van der Waals surface area (Å²) in [5.41, 5.74) is 1.10. The van der Waals surface area contributed by atoms with Crippen LogP contribution in [-0.4, -0.2) is 15.3 Å². The summed E-state index contributed by atoms with van der Waals surface area (Å²) < 4.78 is 7.00. The lowest BCUT2D eigenvalue weighted by atomic mass is 10.1. The third-order valence-corrected chi connectivity index (χ3v) is 4.46. The number of para-hydroxylation sites is 1. The number of fused-ring (bicyclic) bond motifs is 1. The molecular weight excluding hydrogens is 360 g/mol. The molecule has 0 bridgehead atoms. The van der Waals surface area contributed by atoms with Crippen molar-refractivity contribution in [3.63, 3.8) is 0 Å². The van der Waals surface area contributed by atoms with Crippen molar-refractivity contribution in [1.29, 1.82) is 0 Å². The molecule has 0 N–H and O–H groups in total. The summed E-state index contributed by atoms with van der Waals surface area (Å²) in [6, 6.07) is 17.7. The first kappa shape index (κ1) is 17.4. The molecule has 2 aromatic heterocycles. The monoisotopic (exact) mass is 374 g/mol. The van der Waals surface area contributed by atoms with E-state index in [1.54, 1.807) is 41.1 Å². The van der Waals surface area contributed by atoms with Gasteiger partial charge in [0.1, 0.15) is 5.58 Å². The molecule has 0 saturated heterocycles. The maximum atomic E-state index is 12.8. The van der Waals surface area contributed by atoms with Gasteiger partial charge in [-0.05, 0) is 36.4 Å². The van der Waals surface area contributed by atoms with E-state index in [-0.39, 0.29) is 18.0 Å². The van der Waals surface area contributed by atoms with Gasteiger partial charge in [-0.3, -0.25) is 14.9 Å². The molecule has 28 heavy (non-hydrogen) atoms. The van der Waals surface area contributed by atoms with E-state index in [1.165, 1.54) is 24.3 Å². The number of non-ortho nitro benzene ring substituents is 1. The van der Waals surface area contributed by atoms with Gasteiger partial charge in [0.15, 0.2) is 0 Å². The Morgan fingerprint density at radius 2 is 1.79 bits per heavy atom. The Balaban J connectivity index is 1.66. The van der Waals surface area contributed by atoms with Crippen LogP contribution >= 0.6 is 0 Å². The van der Waals surface area contributed by atoms with Gasteiger partial charge in [0.05, 0.1) is 22.7 Å². The van der Waals surface area contributed by atoms with Crippen molar-refractivity contribution < 1.29 is 14.1 Å². The van der Waals surface area contributed by atoms with Crippen LogP contribution in [0.15, 0.2) is 82.1 Å². The molecule has 0 saturated carbocycles. The highest BCUT2D eigenvalue weighted by Crippen LogP contribution is 2.18. The van der Waals surface area contributed by atoms with E-state index in [4.69, 9.17) is 4.42 Å². The number of nitrogens with zero attached hydrogens (tertiary/aromatic N) is 2. The van der Waals surface area contributed by atoms with E-state index in [9.17, 15) is 19.7 Å². The fraction of sp³-hybridized carbons (Fsp3) is 0.0476. The number of carbonyl (C=O) groups excluding carboxylic acids is 1. The smallest absolute Gasteiger partial charge is 0.341 e. The van der Waals surface area contributed by atoms with Gasteiger partial charge < -0.3 is 8.98 Å². The molecule has 0 radical (unpaired) electrons. The van der Waals surface area contributed by atoms with Crippen molar-refractivity contribution in [3.05, 3.63) is 110 Å². The number of rotatable bonds is 5. The Morgan fingerprint density at radius 3 is 2.54 bits per heavy atom. The zero-order chi connectivity index (χ0) is 19.7. The minimum Gasteiger partial charge on any atom is -0.422 e. The molecule has 0 fully saturated rings. The van der Waals surface area contributed by atoms with Gasteiger partial charge in [0.2, 0.25) is 5.78 Å². The standard InChI is InChI=1S/C21H14N2O5/c24-20(14-7-9-17(10-8-14)23(26)27)18-5-3-11-22(18)13-16-12-15-4-1-2-6-19(15)28-21(16)25/h1-12H,13H2. The third kappa shape index (κ3) is 3.21. The van der Waals surface area contributed by atoms with Crippen molar-refractivity contribution in [3.8, 4) is 0 Å². The molecule has 0 aliphatic heterocycles. The normalized spacial score (nSPS) is 10.9. The number of hydrogen-bond acceptors (Lipinski definition) is 5. The fourth-order valence-electron chi connectivity index (χ4n) is 3.04. The molecule has 0 amide bonds. The average Bonchev–Trinajstić information content (AvgIpc) is 3.16. The molecular formula is C21H14N2O5. The molecule has 138 valence electrons. The van der Waals surface area contributed by atoms with Gasteiger partial charge in [-0.25, -0.2) is 4.79 Å². The van der Waals surface area contributed by atoms with E-state index in [2.05, 4.69) is 0 Å². The molecule has 7 nitrogen and oxygen atoms in total. The molecule has 0 aliphatic rings. The number of benzene rings is 2.